The molecular formula is C13H25NO3. The van der Waals surface area contributed by atoms with E-state index in [1.807, 2.05) is 13.8 Å². The predicted molar refractivity (Wildman–Crippen MR) is 66.8 cm³/mol. The lowest BCUT2D eigenvalue weighted by Gasteiger charge is -2.33. The lowest BCUT2D eigenvalue weighted by Crippen LogP contribution is -2.41. The van der Waals surface area contributed by atoms with E-state index in [1.165, 1.54) is 12.8 Å². The molecule has 0 saturated carbocycles. The highest BCUT2D eigenvalue weighted by Gasteiger charge is 2.23. The largest absolute Gasteiger partial charge is 0.466 e. The summed E-state index contributed by atoms with van der Waals surface area (Å²) in [7, 11) is 1.75. The van der Waals surface area contributed by atoms with Gasteiger partial charge in [-0.15, -0.1) is 0 Å². The Morgan fingerprint density at radius 2 is 2.29 bits per heavy atom. The molecule has 4 nitrogen and oxygen atoms in total. The van der Waals surface area contributed by atoms with Gasteiger partial charge in [0, 0.05) is 20.2 Å². The number of esters is 1. The van der Waals surface area contributed by atoms with Crippen LogP contribution in [0.3, 0.4) is 0 Å². The molecule has 0 aromatic rings. The Balaban J connectivity index is 2.32. The zero-order valence-corrected chi connectivity index (χ0v) is 11.3. The van der Waals surface area contributed by atoms with Crippen LogP contribution in [0, 0.1) is 11.8 Å². The SMILES string of the molecule is CCOC(=O)C(C)CN1CCCC(COC)C1. The van der Waals surface area contributed by atoms with Gasteiger partial charge in [0.25, 0.3) is 0 Å². The number of carbonyl (C=O) groups excluding carboxylic acids is 1. The van der Waals surface area contributed by atoms with Crippen LogP contribution in [0.5, 0.6) is 0 Å². The summed E-state index contributed by atoms with van der Waals surface area (Å²) in [6.45, 7) is 8.01. The summed E-state index contributed by atoms with van der Waals surface area (Å²) in [5, 5.41) is 0. The van der Waals surface area contributed by atoms with Crippen molar-refractivity contribution < 1.29 is 14.3 Å². The van der Waals surface area contributed by atoms with Gasteiger partial charge in [-0.25, -0.2) is 0 Å². The lowest BCUT2D eigenvalue weighted by molar-refractivity contribution is -0.148. The average molecular weight is 243 g/mol. The number of ether oxygens (including phenoxy) is 2. The normalized spacial score (nSPS) is 23.4. The van der Waals surface area contributed by atoms with Crippen molar-refractivity contribution in [2.45, 2.75) is 26.7 Å². The van der Waals surface area contributed by atoms with Gasteiger partial charge >= 0.3 is 5.97 Å². The number of methoxy groups -OCH3 is 1. The molecule has 2 unspecified atom stereocenters. The van der Waals surface area contributed by atoms with E-state index in [0.29, 0.717) is 12.5 Å². The molecule has 1 rings (SSSR count). The van der Waals surface area contributed by atoms with Crippen molar-refractivity contribution >= 4 is 5.97 Å². The predicted octanol–water partition coefficient (Wildman–Crippen LogP) is 1.54. The van der Waals surface area contributed by atoms with Crippen LogP contribution in [0.2, 0.25) is 0 Å². The third kappa shape index (κ3) is 5.04. The highest BCUT2D eigenvalue weighted by atomic mass is 16.5. The van der Waals surface area contributed by atoms with E-state index in [9.17, 15) is 4.79 Å². The van der Waals surface area contributed by atoms with Crippen LogP contribution in [0.4, 0.5) is 0 Å². The summed E-state index contributed by atoms with van der Waals surface area (Å²) < 4.78 is 10.2. The quantitative estimate of drug-likeness (QED) is 0.663. The summed E-state index contributed by atoms with van der Waals surface area (Å²) in [6.07, 6.45) is 2.43. The van der Waals surface area contributed by atoms with Crippen LogP contribution < -0.4 is 0 Å². The summed E-state index contributed by atoms with van der Waals surface area (Å²) in [5.41, 5.74) is 0. The molecule has 0 bridgehead atoms. The van der Waals surface area contributed by atoms with Gasteiger partial charge in [0.1, 0.15) is 0 Å². The topological polar surface area (TPSA) is 38.8 Å². The maximum atomic E-state index is 11.6. The fraction of sp³-hybridized carbons (Fsp3) is 0.923. The first-order valence-electron chi connectivity index (χ1n) is 6.55. The molecule has 0 N–H and O–H groups in total. The number of piperidine rings is 1. The Labute approximate surface area is 104 Å². The zero-order chi connectivity index (χ0) is 12.7. The van der Waals surface area contributed by atoms with E-state index in [1.54, 1.807) is 7.11 Å². The second kappa shape index (κ2) is 7.67. The van der Waals surface area contributed by atoms with Crippen LogP contribution >= 0.6 is 0 Å². The number of carbonyl (C=O) groups is 1. The van der Waals surface area contributed by atoms with E-state index >= 15 is 0 Å². The van der Waals surface area contributed by atoms with E-state index in [0.717, 1.165) is 26.2 Å². The minimum atomic E-state index is -0.0821. The fourth-order valence-electron chi connectivity index (χ4n) is 2.44. The van der Waals surface area contributed by atoms with Gasteiger partial charge in [-0.05, 0) is 32.2 Å². The Hall–Kier alpha value is -0.610. The molecule has 1 saturated heterocycles. The van der Waals surface area contributed by atoms with Crippen molar-refractivity contribution in [3.05, 3.63) is 0 Å². The van der Waals surface area contributed by atoms with Gasteiger partial charge in [-0.1, -0.05) is 6.92 Å². The highest BCUT2D eigenvalue weighted by Crippen LogP contribution is 2.18. The van der Waals surface area contributed by atoms with Crippen LogP contribution in [0.15, 0.2) is 0 Å². The molecule has 0 aromatic heterocycles. The molecule has 17 heavy (non-hydrogen) atoms. The van der Waals surface area contributed by atoms with E-state index in [-0.39, 0.29) is 11.9 Å². The van der Waals surface area contributed by atoms with Crippen LogP contribution in [0.25, 0.3) is 0 Å². The van der Waals surface area contributed by atoms with Crippen molar-refractivity contribution in [1.29, 1.82) is 0 Å². The third-order valence-corrected chi connectivity index (χ3v) is 3.23. The molecule has 1 fully saturated rings. The Morgan fingerprint density at radius 3 is 2.94 bits per heavy atom. The van der Waals surface area contributed by atoms with Crippen LogP contribution in [0.1, 0.15) is 26.7 Å². The molecule has 1 aliphatic rings. The third-order valence-electron chi connectivity index (χ3n) is 3.23. The smallest absolute Gasteiger partial charge is 0.309 e. The summed E-state index contributed by atoms with van der Waals surface area (Å²) in [4.78, 5) is 13.9. The first-order chi connectivity index (χ1) is 8.17. The summed E-state index contributed by atoms with van der Waals surface area (Å²) in [5.74, 6) is 0.501. The standard InChI is InChI=1S/C13H25NO3/c1-4-17-13(15)11(2)8-14-7-5-6-12(9-14)10-16-3/h11-12H,4-10H2,1-3H3. The number of rotatable bonds is 6. The first-order valence-corrected chi connectivity index (χ1v) is 6.55. The van der Waals surface area contributed by atoms with Crippen molar-refractivity contribution in [3.8, 4) is 0 Å². The molecular weight excluding hydrogens is 218 g/mol. The molecule has 1 heterocycles. The number of hydrogen-bond acceptors (Lipinski definition) is 4. The monoisotopic (exact) mass is 243 g/mol. The van der Waals surface area contributed by atoms with Gasteiger partial charge < -0.3 is 14.4 Å². The molecule has 2 atom stereocenters. The van der Waals surface area contributed by atoms with E-state index in [4.69, 9.17) is 9.47 Å². The molecule has 0 spiro atoms. The molecule has 0 radical (unpaired) electrons. The summed E-state index contributed by atoms with van der Waals surface area (Å²) in [6, 6.07) is 0. The molecule has 1 aliphatic heterocycles. The Bertz CT molecular complexity index is 231. The molecule has 0 amide bonds. The van der Waals surface area contributed by atoms with Crippen LogP contribution in [-0.4, -0.2) is 50.8 Å². The fourth-order valence-corrected chi connectivity index (χ4v) is 2.44. The maximum Gasteiger partial charge on any atom is 0.309 e. The van der Waals surface area contributed by atoms with Gasteiger partial charge in [0.2, 0.25) is 0 Å². The zero-order valence-electron chi connectivity index (χ0n) is 11.3. The van der Waals surface area contributed by atoms with Gasteiger partial charge in [-0.3, -0.25) is 4.79 Å². The molecule has 4 heteroatoms. The number of hydrogen-bond donors (Lipinski definition) is 0. The lowest BCUT2D eigenvalue weighted by atomic mass is 9.98. The molecule has 100 valence electrons. The average Bonchev–Trinajstić information content (AvgIpc) is 2.30. The molecule has 0 aromatic carbocycles. The van der Waals surface area contributed by atoms with Gasteiger partial charge in [0.05, 0.1) is 19.1 Å². The van der Waals surface area contributed by atoms with Crippen molar-refractivity contribution in [1.82, 2.24) is 4.90 Å². The minimum absolute atomic E-state index is 0.0313. The second-order valence-corrected chi connectivity index (χ2v) is 4.88. The van der Waals surface area contributed by atoms with E-state index in [2.05, 4.69) is 4.90 Å². The first kappa shape index (κ1) is 14.5. The molecule has 0 aliphatic carbocycles. The highest BCUT2D eigenvalue weighted by molar-refractivity contribution is 5.72. The van der Waals surface area contributed by atoms with Gasteiger partial charge in [0.15, 0.2) is 0 Å². The van der Waals surface area contributed by atoms with Gasteiger partial charge in [-0.2, -0.15) is 0 Å². The maximum absolute atomic E-state index is 11.6. The van der Waals surface area contributed by atoms with Crippen molar-refractivity contribution in [2.24, 2.45) is 11.8 Å². The minimum Gasteiger partial charge on any atom is -0.466 e. The van der Waals surface area contributed by atoms with Crippen molar-refractivity contribution in [3.63, 3.8) is 0 Å². The number of likely N-dealkylation sites (tertiary alicyclic amines) is 1. The Morgan fingerprint density at radius 1 is 1.53 bits per heavy atom. The van der Waals surface area contributed by atoms with Crippen LogP contribution in [-0.2, 0) is 14.3 Å². The Kier molecular flexibility index (Phi) is 6.52. The van der Waals surface area contributed by atoms with E-state index < -0.39 is 0 Å². The second-order valence-electron chi connectivity index (χ2n) is 4.88. The summed E-state index contributed by atoms with van der Waals surface area (Å²) >= 11 is 0. The van der Waals surface area contributed by atoms with Crippen molar-refractivity contribution in [2.75, 3.05) is 40.0 Å². The number of nitrogens with zero attached hydrogens (tertiary/aromatic N) is 1.